The van der Waals surface area contributed by atoms with Crippen LogP contribution >= 0.6 is 11.6 Å². The number of rotatable bonds is 0. The van der Waals surface area contributed by atoms with E-state index in [2.05, 4.69) is 33.8 Å². The van der Waals surface area contributed by atoms with Gasteiger partial charge in [0.1, 0.15) is 0 Å². The molecule has 0 bridgehead atoms. The first-order valence-electron chi connectivity index (χ1n) is 6.56. The Bertz CT molecular complexity index is 682. The fourth-order valence-electron chi connectivity index (χ4n) is 2.12. The summed E-state index contributed by atoms with van der Waals surface area (Å²) in [6, 6.07) is 6.11. The van der Waals surface area contributed by atoms with Crippen molar-refractivity contribution >= 4 is 21.7 Å². The second-order valence-electron chi connectivity index (χ2n) is 6.29. The van der Waals surface area contributed by atoms with Crippen molar-refractivity contribution in [2.45, 2.75) is 44.2 Å². The third-order valence-electron chi connectivity index (χ3n) is 3.45. The van der Waals surface area contributed by atoms with Crippen molar-refractivity contribution in [3.63, 3.8) is 0 Å². The first kappa shape index (κ1) is 20.2. The lowest BCUT2D eigenvalue weighted by atomic mass is 9.76. The van der Waals surface area contributed by atoms with Crippen LogP contribution in [0.3, 0.4) is 0 Å². The quantitative estimate of drug-likeness (QED) is 0.544. The summed E-state index contributed by atoms with van der Waals surface area (Å²) in [6.45, 7) is 9.35. The molecule has 0 amide bonds. The number of hydrogen-bond acceptors (Lipinski definition) is 3. The standard InChI is InChI=1S/C13H17ClO.CHF3O3S/c1-12(2)8-15-13(3,4)11-7-9(14)5-6-10(11)12;2-1(3,4)8(5,6)7/h5-7H,8H2,1-4H3;(H,5,6,7). The highest BCUT2D eigenvalue weighted by Gasteiger charge is 2.44. The Morgan fingerprint density at radius 3 is 2.09 bits per heavy atom. The van der Waals surface area contributed by atoms with Gasteiger partial charge in [0.05, 0.1) is 12.2 Å². The minimum absolute atomic E-state index is 0.0788. The molecule has 1 heterocycles. The van der Waals surface area contributed by atoms with E-state index in [0.717, 1.165) is 11.6 Å². The predicted octanol–water partition coefficient (Wildman–Crippen LogP) is 4.28. The van der Waals surface area contributed by atoms with Crippen LogP contribution in [-0.4, -0.2) is 25.1 Å². The van der Waals surface area contributed by atoms with Crippen molar-refractivity contribution < 1.29 is 30.9 Å². The van der Waals surface area contributed by atoms with Crippen LogP contribution in [0.5, 0.6) is 0 Å². The van der Waals surface area contributed by atoms with Gasteiger partial charge in [0, 0.05) is 10.4 Å². The average Bonchev–Trinajstić information content (AvgIpc) is 2.33. The molecule has 0 aliphatic carbocycles. The fourth-order valence-corrected chi connectivity index (χ4v) is 2.29. The van der Waals surface area contributed by atoms with Crippen molar-refractivity contribution in [2.24, 2.45) is 0 Å². The zero-order chi connectivity index (χ0) is 18.3. The SMILES string of the molecule is CC1(C)COC(C)(C)c2cc(Cl)ccc21.O=S(=O)(O)C(F)(F)F. The highest BCUT2D eigenvalue weighted by molar-refractivity contribution is 7.86. The molecule has 0 atom stereocenters. The van der Waals surface area contributed by atoms with Crippen molar-refractivity contribution in [3.05, 3.63) is 34.3 Å². The Morgan fingerprint density at radius 1 is 1.17 bits per heavy atom. The minimum atomic E-state index is -5.84. The number of fused-ring (bicyclic) bond motifs is 1. The normalized spacial score (nSPS) is 19.3. The van der Waals surface area contributed by atoms with Crippen LogP contribution < -0.4 is 0 Å². The molecule has 0 radical (unpaired) electrons. The van der Waals surface area contributed by atoms with Crippen LogP contribution in [0.1, 0.15) is 38.8 Å². The van der Waals surface area contributed by atoms with Gasteiger partial charge in [0.25, 0.3) is 0 Å². The molecular weight excluding hydrogens is 357 g/mol. The molecule has 4 nitrogen and oxygen atoms in total. The van der Waals surface area contributed by atoms with Crippen molar-refractivity contribution in [2.75, 3.05) is 6.61 Å². The first-order valence-corrected chi connectivity index (χ1v) is 8.38. The number of benzene rings is 1. The summed E-state index contributed by atoms with van der Waals surface area (Å²) in [6.07, 6.45) is 0. The Kier molecular flexibility index (Phi) is 5.48. The smallest absolute Gasteiger partial charge is 0.370 e. The van der Waals surface area contributed by atoms with Crippen LogP contribution in [0.2, 0.25) is 5.02 Å². The topological polar surface area (TPSA) is 63.6 Å². The summed E-state index contributed by atoms with van der Waals surface area (Å²) >= 11 is 6.04. The molecular formula is C14H18ClF3O4S. The minimum Gasteiger partial charge on any atom is -0.370 e. The summed E-state index contributed by atoms with van der Waals surface area (Å²) in [5, 5.41) is 0.781. The molecule has 1 aromatic rings. The van der Waals surface area contributed by atoms with Gasteiger partial charge < -0.3 is 4.74 Å². The number of ether oxygens (including phenoxy) is 1. The molecule has 0 aromatic heterocycles. The van der Waals surface area contributed by atoms with E-state index in [0.29, 0.717) is 0 Å². The molecule has 132 valence electrons. The Labute approximate surface area is 138 Å². The molecule has 23 heavy (non-hydrogen) atoms. The summed E-state index contributed by atoms with van der Waals surface area (Å²) in [4.78, 5) is 0. The largest absolute Gasteiger partial charge is 0.522 e. The molecule has 0 spiro atoms. The second kappa shape index (κ2) is 6.23. The van der Waals surface area contributed by atoms with E-state index >= 15 is 0 Å². The molecule has 0 fully saturated rings. The summed E-state index contributed by atoms with van der Waals surface area (Å²) in [5.74, 6) is 0. The van der Waals surface area contributed by atoms with E-state index in [1.165, 1.54) is 11.1 Å². The maximum atomic E-state index is 10.7. The van der Waals surface area contributed by atoms with Crippen LogP contribution in [0, 0.1) is 0 Å². The molecule has 1 aliphatic heterocycles. The Balaban J connectivity index is 0.000000284. The lowest BCUT2D eigenvalue weighted by Gasteiger charge is -2.41. The van der Waals surface area contributed by atoms with Crippen molar-refractivity contribution in [1.29, 1.82) is 0 Å². The lowest BCUT2D eigenvalue weighted by Crippen LogP contribution is -2.39. The van der Waals surface area contributed by atoms with Gasteiger partial charge in [0.2, 0.25) is 0 Å². The predicted molar refractivity (Wildman–Crippen MR) is 81.1 cm³/mol. The van der Waals surface area contributed by atoms with Gasteiger partial charge >= 0.3 is 15.6 Å². The fraction of sp³-hybridized carbons (Fsp3) is 0.571. The van der Waals surface area contributed by atoms with E-state index in [1.54, 1.807) is 0 Å². The van der Waals surface area contributed by atoms with E-state index in [4.69, 9.17) is 29.3 Å². The Hall–Kier alpha value is -0.830. The zero-order valence-corrected chi connectivity index (χ0v) is 14.6. The molecule has 2 rings (SSSR count). The molecule has 1 aromatic carbocycles. The van der Waals surface area contributed by atoms with Crippen molar-refractivity contribution in [3.8, 4) is 0 Å². The van der Waals surface area contributed by atoms with E-state index < -0.39 is 15.6 Å². The molecule has 0 saturated carbocycles. The van der Waals surface area contributed by atoms with Gasteiger partial charge in [-0.3, -0.25) is 4.55 Å². The van der Waals surface area contributed by atoms with E-state index in [1.807, 2.05) is 12.1 Å². The van der Waals surface area contributed by atoms with Gasteiger partial charge in [-0.05, 0) is 37.1 Å². The zero-order valence-electron chi connectivity index (χ0n) is 13.0. The van der Waals surface area contributed by atoms with E-state index in [-0.39, 0.29) is 11.0 Å². The second-order valence-corrected chi connectivity index (χ2v) is 8.14. The van der Waals surface area contributed by atoms with Crippen LogP contribution in [0.15, 0.2) is 18.2 Å². The third-order valence-corrected chi connectivity index (χ3v) is 4.27. The van der Waals surface area contributed by atoms with Crippen LogP contribution in [0.25, 0.3) is 0 Å². The number of halogens is 4. The monoisotopic (exact) mass is 374 g/mol. The van der Waals surface area contributed by atoms with E-state index in [9.17, 15) is 13.2 Å². The molecule has 1 N–H and O–H groups in total. The highest BCUT2D eigenvalue weighted by Crippen LogP contribution is 2.41. The molecule has 9 heteroatoms. The molecule has 0 unspecified atom stereocenters. The Morgan fingerprint density at radius 2 is 1.65 bits per heavy atom. The van der Waals surface area contributed by atoms with Gasteiger partial charge in [-0.1, -0.05) is 31.5 Å². The first-order chi connectivity index (χ1) is 10.1. The third kappa shape index (κ3) is 4.82. The molecule has 0 saturated heterocycles. The average molecular weight is 375 g/mol. The van der Waals surface area contributed by atoms with Crippen molar-refractivity contribution in [1.82, 2.24) is 0 Å². The number of hydrogen-bond donors (Lipinski definition) is 1. The van der Waals surface area contributed by atoms with Crippen LogP contribution in [-0.2, 0) is 25.9 Å². The van der Waals surface area contributed by atoms with Crippen LogP contribution in [0.4, 0.5) is 13.2 Å². The van der Waals surface area contributed by atoms with Gasteiger partial charge in [0.15, 0.2) is 0 Å². The summed E-state index contributed by atoms with van der Waals surface area (Å²) in [7, 11) is -5.84. The van der Waals surface area contributed by atoms with Gasteiger partial charge in [-0.25, -0.2) is 0 Å². The molecule has 1 aliphatic rings. The number of alkyl halides is 3. The van der Waals surface area contributed by atoms with Gasteiger partial charge in [-0.15, -0.1) is 0 Å². The maximum absolute atomic E-state index is 10.7. The van der Waals surface area contributed by atoms with Gasteiger partial charge in [-0.2, -0.15) is 21.6 Å². The maximum Gasteiger partial charge on any atom is 0.522 e. The highest BCUT2D eigenvalue weighted by atomic mass is 35.5. The summed E-state index contributed by atoms with van der Waals surface area (Å²) < 4.78 is 63.4. The summed E-state index contributed by atoms with van der Waals surface area (Å²) in [5.41, 5.74) is -3.12. The lowest BCUT2D eigenvalue weighted by molar-refractivity contribution is -0.0587.